The molecule has 6 nitrogen and oxygen atoms in total. The van der Waals surface area contributed by atoms with Crippen molar-refractivity contribution >= 4 is 14.6 Å². The van der Waals surface area contributed by atoms with Crippen molar-refractivity contribution in [1.29, 1.82) is 0 Å². The summed E-state index contributed by atoms with van der Waals surface area (Å²) < 4.78 is 34.1. The van der Waals surface area contributed by atoms with Crippen molar-refractivity contribution < 1.29 is 27.9 Å². The van der Waals surface area contributed by atoms with Gasteiger partial charge in [0.05, 0.1) is 0 Å². The van der Waals surface area contributed by atoms with E-state index in [0.29, 0.717) is 34.5 Å². The lowest BCUT2D eigenvalue weighted by molar-refractivity contribution is 0.322. The molecule has 3 aromatic rings. The fourth-order valence-corrected chi connectivity index (χ4v) is 2.70. The Morgan fingerprint density at radius 2 is 0.769 bits per heavy atom. The molecule has 0 saturated carbocycles. The molecular formula is C18H12B2O6. The summed E-state index contributed by atoms with van der Waals surface area (Å²) >= 11 is 0. The molecule has 0 atom stereocenters. The van der Waals surface area contributed by atoms with Crippen LogP contribution in [0.3, 0.4) is 0 Å². The van der Waals surface area contributed by atoms with Gasteiger partial charge in [0.15, 0.2) is 0 Å². The van der Waals surface area contributed by atoms with Crippen LogP contribution in [0.4, 0.5) is 0 Å². The lowest BCUT2D eigenvalue weighted by Crippen LogP contribution is -2.34. The Labute approximate surface area is 150 Å². The maximum absolute atomic E-state index is 5.80. The van der Waals surface area contributed by atoms with Gasteiger partial charge in [0.1, 0.15) is 34.5 Å². The van der Waals surface area contributed by atoms with Gasteiger partial charge in [-0.05, 0) is 36.4 Å². The molecule has 3 aromatic carbocycles. The standard InChI is InChI=1S/C18H12B2O6/c1-2-8-14-13(7-1)21-19(22-14)25-17-11-5-6-12-18(17)26-20-23-15-9-3-4-10-16(15)24-20/h1-12H. The summed E-state index contributed by atoms with van der Waals surface area (Å²) in [7, 11) is -1.78. The van der Waals surface area contributed by atoms with Crippen molar-refractivity contribution in [2.75, 3.05) is 0 Å². The second kappa shape index (κ2) is 6.15. The summed E-state index contributed by atoms with van der Waals surface area (Å²) in [5.41, 5.74) is 0. The zero-order valence-corrected chi connectivity index (χ0v) is 13.5. The molecule has 0 aliphatic carbocycles. The normalized spacial score (nSPS) is 13.7. The first-order chi connectivity index (χ1) is 12.8. The van der Waals surface area contributed by atoms with Gasteiger partial charge in [-0.3, -0.25) is 0 Å². The predicted molar refractivity (Wildman–Crippen MR) is 94.6 cm³/mol. The van der Waals surface area contributed by atoms with Crippen LogP contribution in [0.25, 0.3) is 0 Å². The summed E-state index contributed by atoms with van der Waals surface area (Å²) in [5, 5.41) is 0. The monoisotopic (exact) mass is 346 g/mol. The average Bonchev–Trinajstić information content (AvgIpc) is 3.26. The molecule has 26 heavy (non-hydrogen) atoms. The Kier molecular flexibility index (Phi) is 3.52. The lowest BCUT2D eigenvalue weighted by Gasteiger charge is -2.13. The Bertz CT molecular complexity index is 824. The first-order valence-corrected chi connectivity index (χ1v) is 8.12. The van der Waals surface area contributed by atoms with Crippen LogP contribution in [0.2, 0.25) is 0 Å². The van der Waals surface area contributed by atoms with Gasteiger partial charge in [0, 0.05) is 0 Å². The number of benzene rings is 3. The van der Waals surface area contributed by atoms with E-state index in [1.165, 1.54) is 0 Å². The smallest absolute Gasteiger partial charge is 0.486 e. The molecule has 0 amide bonds. The van der Waals surface area contributed by atoms with E-state index in [9.17, 15) is 0 Å². The van der Waals surface area contributed by atoms with Gasteiger partial charge in [0.25, 0.3) is 0 Å². The highest BCUT2D eigenvalue weighted by Crippen LogP contribution is 2.37. The molecular weight excluding hydrogens is 334 g/mol. The number of hydrogen-bond donors (Lipinski definition) is 0. The Morgan fingerprint density at radius 3 is 1.12 bits per heavy atom. The number of hydrogen-bond acceptors (Lipinski definition) is 6. The van der Waals surface area contributed by atoms with E-state index in [1.807, 2.05) is 60.7 Å². The minimum atomic E-state index is -0.889. The lowest BCUT2D eigenvalue weighted by atomic mass is 10.2. The minimum absolute atomic E-state index is 0.452. The number of fused-ring (bicyclic) bond motifs is 2. The predicted octanol–water partition coefficient (Wildman–Crippen LogP) is 3.36. The van der Waals surface area contributed by atoms with Crippen LogP contribution in [0.15, 0.2) is 72.8 Å². The van der Waals surface area contributed by atoms with Crippen molar-refractivity contribution in [3.63, 3.8) is 0 Å². The zero-order valence-electron chi connectivity index (χ0n) is 13.5. The van der Waals surface area contributed by atoms with Crippen molar-refractivity contribution in [2.45, 2.75) is 0 Å². The fraction of sp³-hybridized carbons (Fsp3) is 0. The molecule has 5 rings (SSSR count). The summed E-state index contributed by atoms with van der Waals surface area (Å²) in [6.45, 7) is 0. The Morgan fingerprint density at radius 1 is 0.462 bits per heavy atom. The highest BCUT2D eigenvalue weighted by atomic mass is 16.8. The highest BCUT2D eigenvalue weighted by molar-refractivity contribution is 6.42. The SMILES string of the molecule is c1ccc(OB2Oc3ccccc3O2)c(OB2Oc3ccccc3O2)c1. The van der Waals surface area contributed by atoms with Gasteiger partial charge >= 0.3 is 14.6 Å². The van der Waals surface area contributed by atoms with E-state index < -0.39 is 14.6 Å². The Balaban J connectivity index is 1.30. The van der Waals surface area contributed by atoms with Gasteiger partial charge < -0.3 is 27.9 Å². The second-order valence-electron chi connectivity index (χ2n) is 5.62. The average molecular weight is 346 g/mol. The molecule has 0 aromatic heterocycles. The van der Waals surface area contributed by atoms with E-state index in [-0.39, 0.29) is 0 Å². The molecule has 126 valence electrons. The van der Waals surface area contributed by atoms with E-state index in [1.54, 1.807) is 12.1 Å². The van der Waals surface area contributed by atoms with Crippen LogP contribution in [0.5, 0.6) is 34.5 Å². The Hall–Kier alpha value is -3.41. The maximum atomic E-state index is 5.80. The molecule has 8 heteroatoms. The number of rotatable bonds is 4. The third kappa shape index (κ3) is 2.75. The van der Waals surface area contributed by atoms with E-state index >= 15 is 0 Å². The second-order valence-corrected chi connectivity index (χ2v) is 5.62. The summed E-state index contributed by atoms with van der Waals surface area (Å²) in [5.74, 6) is 3.44. The van der Waals surface area contributed by atoms with Crippen molar-refractivity contribution in [3.8, 4) is 34.5 Å². The van der Waals surface area contributed by atoms with Crippen molar-refractivity contribution in [3.05, 3.63) is 72.8 Å². The van der Waals surface area contributed by atoms with Crippen molar-refractivity contribution in [2.24, 2.45) is 0 Å². The number of para-hydroxylation sites is 6. The van der Waals surface area contributed by atoms with Crippen LogP contribution in [0.1, 0.15) is 0 Å². The van der Waals surface area contributed by atoms with Crippen LogP contribution in [0, 0.1) is 0 Å². The highest BCUT2D eigenvalue weighted by Gasteiger charge is 2.41. The van der Waals surface area contributed by atoms with Gasteiger partial charge in [-0.15, -0.1) is 0 Å². The summed E-state index contributed by atoms with van der Waals surface area (Å²) in [6.07, 6.45) is 0. The largest absolute Gasteiger partial charge is 0.864 e. The fourth-order valence-electron chi connectivity index (χ4n) is 2.70. The quantitative estimate of drug-likeness (QED) is 0.676. The molecule has 0 fully saturated rings. The maximum Gasteiger partial charge on any atom is 0.864 e. The van der Waals surface area contributed by atoms with E-state index in [4.69, 9.17) is 27.9 Å². The molecule has 0 radical (unpaired) electrons. The summed E-state index contributed by atoms with van der Waals surface area (Å²) in [4.78, 5) is 0. The van der Waals surface area contributed by atoms with Gasteiger partial charge in [-0.2, -0.15) is 0 Å². The van der Waals surface area contributed by atoms with Gasteiger partial charge in [-0.25, -0.2) is 0 Å². The molecule has 0 unspecified atom stereocenters. The van der Waals surface area contributed by atoms with Gasteiger partial charge in [-0.1, -0.05) is 36.4 Å². The first kappa shape index (κ1) is 14.9. The minimum Gasteiger partial charge on any atom is -0.486 e. The molecule has 2 heterocycles. The molecule has 0 N–H and O–H groups in total. The van der Waals surface area contributed by atoms with Gasteiger partial charge in [0.2, 0.25) is 0 Å². The van der Waals surface area contributed by atoms with Crippen LogP contribution in [-0.4, -0.2) is 14.6 Å². The third-order valence-corrected chi connectivity index (χ3v) is 3.89. The molecule has 0 spiro atoms. The van der Waals surface area contributed by atoms with Crippen LogP contribution < -0.4 is 27.9 Å². The zero-order chi connectivity index (χ0) is 17.3. The third-order valence-electron chi connectivity index (χ3n) is 3.89. The van der Waals surface area contributed by atoms with E-state index in [0.717, 1.165) is 0 Å². The van der Waals surface area contributed by atoms with E-state index in [2.05, 4.69) is 0 Å². The van der Waals surface area contributed by atoms with Crippen LogP contribution >= 0.6 is 0 Å². The first-order valence-electron chi connectivity index (χ1n) is 8.12. The topological polar surface area (TPSA) is 55.4 Å². The molecule has 2 aliphatic heterocycles. The van der Waals surface area contributed by atoms with Crippen LogP contribution in [-0.2, 0) is 0 Å². The molecule has 0 bridgehead atoms. The molecule has 0 saturated heterocycles. The van der Waals surface area contributed by atoms with Crippen molar-refractivity contribution in [1.82, 2.24) is 0 Å². The summed E-state index contributed by atoms with van der Waals surface area (Å²) in [6, 6.07) is 21.9. The molecule has 2 aliphatic rings.